The highest BCUT2D eigenvalue weighted by atomic mass is 32.1. The van der Waals surface area contributed by atoms with E-state index in [0.717, 1.165) is 4.88 Å². The molecule has 0 aliphatic carbocycles. The molecule has 1 nitrogen and oxygen atoms in total. The highest BCUT2D eigenvalue weighted by Crippen LogP contribution is 2.35. The summed E-state index contributed by atoms with van der Waals surface area (Å²) < 4.78 is 1.23. The summed E-state index contributed by atoms with van der Waals surface area (Å²) in [6.07, 6.45) is 0.670. The highest BCUT2D eigenvalue weighted by Gasteiger charge is 2.25. The molecule has 3 aromatic rings. The summed E-state index contributed by atoms with van der Waals surface area (Å²) >= 11 is 3.35. The lowest BCUT2D eigenvalue weighted by molar-refractivity contribution is 0.0617. The Balaban J connectivity index is 1.97. The molecule has 0 aliphatic heterocycles. The Labute approximate surface area is 114 Å². The number of aliphatic hydroxyl groups is 1. The van der Waals surface area contributed by atoms with Gasteiger partial charge in [0.05, 0.1) is 0 Å². The molecule has 1 unspecified atom stereocenters. The minimum Gasteiger partial charge on any atom is -0.384 e. The molecular formula is C15H14OS2. The maximum Gasteiger partial charge on any atom is 0.100 e. The van der Waals surface area contributed by atoms with E-state index < -0.39 is 5.60 Å². The van der Waals surface area contributed by atoms with Crippen LogP contribution >= 0.6 is 22.7 Å². The molecule has 0 aliphatic rings. The summed E-state index contributed by atoms with van der Waals surface area (Å²) in [6.45, 7) is 1.90. The first kappa shape index (κ1) is 11.9. The van der Waals surface area contributed by atoms with E-state index in [1.54, 1.807) is 22.7 Å². The molecule has 92 valence electrons. The van der Waals surface area contributed by atoms with E-state index >= 15 is 0 Å². The SMILES string of the molecule is CC(O)(Cc1ccsc1)c1cc2ccccc2s1. The lowest BCUT2D eigenvalue weighted by Crippen LogP contribution is -2.22. The van der Waals surface area contributed by atoms with Gasteiger partial charge in [0.1, 0.15) is 5.60 Å². The van der Waals surface area contributed by atoms with Gasteiger partial charge < -0.3 is 5.11 Å². The smallest absolute Gasteiger partial charge is 0.100 e. The van der Waals surface area contributed by atoms with Crippen molar-refractivity contribution in [1.82, 2.24) is 0 Å². The van der Waals surface area contributed by atoms with Crippen molar-refractivity contribution in [3.8, 4) is 0 Å². The number of rotatable bonds is 3. The van der Waals surface area contributed by atoms with Gasteiger partial charge in [-0.2, -0.15) is 11.3 Å². The normalized spacial score (nSPS) is 14.8. The van der Waals surface area contributed by atoms with Crippen LogP contribution in [-0.2, 0) is 12.0 Å². The van der Waals surface area contributed by atoms with Crippen molar-refractivity contribution in [1.29, 1.82) is 0 Å². The third kappa shape index (κ3) is 2.21. The van der Waals surface area contributed by atoms with Crippen molar-refractivity contribution in [3.05, 3.63) is 57.6 Å². The van der Waals surface area contributed by atoms with Gasteiger partial charge in [0, 0.05) is 16.0 Å². The van der Waals surface area contributed by atoms with Crippen LogP contribution in [0.4, 0.5) is 0 Å². The second-order valence-corrected chi connectivity index (χ2v) is 6.59. The van der Waals surface area contributed by atoms with Crippen LogP contribution in [0.3, 0.4) is 0 Å². The van der Waals surface area contributed by atoms with Gasteiger partial charge in [0.25, 0.3) is 0 Å². The molecule has 3 rings (SSSR count). The van der Waals surface area contributed by atoms with Crippen LogP contribution in [0.25, 0.3) is 10.1 Å². The first-order valence-electron chi connectivity index (χ1n) is 5.88. The quantitative estimate of drug-likeness (QED) is 0.750. The zero-order chi connectivity index (χ0) is 12.6. The van der Waals surface area contributed by atoms with Crippen molar-refractivity contribution in [2.75, 3.05) is 0 Å². The first-order chi connectivity index (χ1) is 8.65. The second kappa shape index (κ2) is 4.50. The standard InChI is InChI=1S/C15H14OS2/c1-15(16,9-11-6-7-17-10-11)14-8-12-4-2-3-5-13(12)18-14/h2-8,10,16H,9H2,1H3. The summed E-state index contributed by atoms with van der Waals surface area (Å²) in [7, 11) is 0. The number of fused-ring (bicyclic) bond motifs is 1. The van der Waals surface area contributed by atoms with Crippen LogP contribution in [0.2, 0.25) is 0 Å². The molecule has 0 saturated carbocycles. The predicted molar refractivity (Wildman–Crippen MR) is 79.4 cm³/mol. The predicted octanol–water partition coefficient (Wildman–Crippen LogP) is 4.41. The van der Waals surface area contributed by atoms with Crippen molar-refractivity contribution >= 4 is 32.8 Å². The van der Waals surface area contributed by atoms with E-state index in [9.17, 15) is 5.11 Å². The summed E-state index contributed by atoms with van der Waals surface area (Å²) in [4.78, 5) is 1.04. The third-order valence-electron chi connectivity index (χ3n) is 3.08. The van der Waals surface area contributed by atoms with Crippen LogP contribution in [-0.4, -0.2) is 5.11 Å². The monoisotopic (exact) mass is 274 g/mol. The minimum atomic E-state index is -0.787. The van der Waals surface area contributed by atoms with Crippen molar-refractivity contribution in [3.63, 3.8) is 0 Å². The van der Waals surface area contributed by atoms with E-state index in [-0.39, 0.29) is 0 Å². The molecule has 18 heavy (non-hydrogen) atoms. The Morgan fingerprint density at radius 1 is 1.22 bits per heavy atom. The Morgan fingerprint density at radius 3 is 2.78 bits per heavy atom. The Morgan fingerprint density at radius 2 is 2.06 bits per heavy atom. The summed E-state index contributed by atoms with van der Waals surface area (Å²) in [5.41, 5.74) is 0.410. The van der Waals surface area contributed by atoms with Gasteiger partial charge in [-0.3, -0.25) is 0 Å². The molecule has 2 heterocycles. The van der Waals surface area contributed by atoms with Gasteiger partial charge in [-0.25, -0.2) is 0 Å². The van der Waals surface area contributed by atoms with Crippen LogP contribution in [0.5, 0.6) is 0 Å². The molecule has 3 heteroatoms. The maximum absolute atomic E-state index is 10.7. The Hall–Kier alpha value is -1.16. The topological polar surface area (TPSA) is 20.2 Å². The van der Waals surface area contributed by atoms with Gasteiger partial charge in [0.2, 0.25) is 0 Å². The van der Waals surface area contributed by atoms with E-state index in [4.69, 9.17) is 0 Å². The lowest BCUT2D eigenvalue weighted by atomic mass is 9.96. The van der Waals surface area contributed by atoms with Crippen molar-refractivity contribution in [2.45, 2.75) is 18.9 Å². The Kier molecular flexibility index (Phi) is 2.98. The fraction of sp³-hybridized carbons (Fsp3) is 0.200. The third-order valence-corrected chi connectivity index (χ3v) is 5.19. The molecule has 2 aromatic heterocycles. The fourth-order valence-electron chi connectivity index (χ4n) is 2.13. The summed E-state index contributed by atoms with van der Waals surface area (Å²) in [5.74, 6) is 0. The van der Waals surface area contributed by atoms with Gasteiger partial charge in [-0.15, -0.1) is 11.3 Å². The molecule has 0 spiro atoms. The highest BCUT2D eigenvalue weighted by molar-refractivity contribution is 7.19. The lowest BCUT2D eigenvalue weighted by Gasteiger charge is -2.21. The maximum atomic E-state index is 10.7. The van der Waals surface area contributed by atoms with Crippen LogP contribution in [0.1, 0.15) is 17.4 Å². The molecule has 0 fully saturated rings. The number of benzene rings is 1. The molecular weight excluding hydrogens is 260 g/mol. The average Bonchev–Trinajstić information content (AvgIpc) is 2.96. The van der Waals surface area contributed by atoms with E-state index in [1.165, 1.54) is 15.6 Å². The van der Waals surface area contributed by atoms with Gasteiger partial charge in [0.15, 0.2) is 0 Å². The van der Waals surface area contributed by atoms with Crippen LogP contribution in [0, 0.1) is 0 Å². The molecule has 0 radical (unpaired) electrons. The molecule has 0 amide bonds. The largest absolute Gasteiger partial charge is 0.384 e. The van der Waals surface area contributed by atoms with E-state index in [1.807, 2.05) is 19.1 Å². The molecule has 0 saturated heterocycles. The van der Waals surface area contributed by atoms with Gasteiger partial charge in [-0.1, -0.05) is 18.2 Å². The van der Waals surface area contributed by atoms with Crippen LogP contribution in [0.15, 0.2) is 47.2 Å². The first-order valence-corrected chi connectivity index (χ1v) is 7.64. The number of hydrogen-bond donors (Lipinski definition) is 1. The molecule has 0 bridgehead atoms. The molecule has 1 N–H and O–H groups in total. The second-order valence-electron chi connectivity index (χ2n) is 4.73. The zero-order valence-electron chi connectivity index (χ0n) is 10.1. The summed E-state index contributed by atoms with van der Waals surface area (Å²) in [6, 6.07) is 12.4. The Bertz CT molecular complexity index is 617. The molecule has 1 aromatic carbocycles. The summed E-state index contributed by atoms with van der Waals surface area (Å²) in [5, 5.41) is 16.0. The number of thiophene rings is 2. The van der Waals surface area contributed by atoms with Crippen LogP contribution < -0.4 is 0 Å². The minimum absolute atomic E-state index is 0.670. The van der Waals surface area contributed by atoms with Gasteiger partial charge >= 0.3 is 0 Å². The van der Waals surface area contributed by atoms with Crippen molar-refractivity contribution < 1.29 is 5.11 Å². The van der Waals surface area contributed by atoms with Gasteiger partial charge in [-0.05, 0) is 46.8 Å². The zero-order valence-corrected chi connectivity index (χ0v) is 11.7. The van der Waals surface area contributed by atoms with E-state index in [2.05, 4.69) is 35.0 Å². The average molecular weight is 274 g/mol. The molecule has 1 atom stereocenters. The van der Waals surface area contributed by atoms with E-state index in [0.29, 0.717) is 6.42 Å². The van der Waals surface area contributed by atoms with Crippen molar-refractivity contribution in [2.24, 2.45) is 0 Å². The fourth-order valence-corrected chi connectivity index (χ4v) is 3.90. The number of hydrogen-bond acceptors (Lipinski definition) is 3.